The SMILES string of the molecule is C[C@H](OC(=O)c1cc(Cl)ccc1F)C(=O)Nc1nc(-c2ccccc2)cs1. The first kappa shape index (κ1) is 19.0. The van der Waals surface area contributed by atoms with Gasteiger partial charge in [-0.05, 0) is 25.1 Å². The summed E-state index contributed by atoms with van der Waals surface area (Å²) < 4.78 is 18.7. The minimum Gasteiger partial charge on any atom is -0.449 e. The van der Waals surface area contributed by atoms with Crippen LogP contribution in [-0.4, -0.2) is 23.0 Å². The van der Waals surface area contributed by atoms with Gasteiger partial charge in [-0.15, -0.1) is 11.3 Å². The topological polar surface area (TPSA) is 68.3 Å². The molecule has 0 spiro atoms. The van der Waals surface area contributed by atoms with Gasteiger partial charge in [0.05, 0.1) is 11.3 Å². The van der Waals surface area contributed by atoms with E-state index in [0.717, 1.165) is 23.4 Å². The van der Waals surface area contributed by atoms with Crippen LogP contribution in [-0.2, 0) is 9.53 Å². The highest BCUT2D eigenvalue weighted by molar-refractivity contribution is 7.14. The molecule has 0 unspecified atom stereocenters. The summed E-state index contributed by atoms with van der Waals surface area (Å²) in [5.74, 6) is -2.31. The van der Waals surface area contributed by atoms with Gasteiger partial charge in [-0.2, -0.15) is 0 Å². The van der Waals surface area contributed by atoms with Gasteiger partial charge >= 0.3 is 5.97 Å². The van der Waals surface area contributed by atoms with E-state index in [-0.39, 0.29) is 10.6 Å². The molecule has 27 heavy (non-hydrogen) atoms. The first-order valence-electron chi connectivity index (χ1n) is 7.92. The molecular formula is C19H14ClFN2O3S. The number of benzene rings is 2. The Morgan fingerprint density at radius 2 is 1.96 bits per heavy atom. The third kappa shape index (κ3) is 4.69. The van der Waals surface area contributed by atoms with E-state index in [2.05, 4.69) is 10.3 Å². The van der Waals surface area contributed by atoms with Crippen LogP contribution in [0.25, 0.3) is 11.3 Å². The van der Waals surface area contributed by atoms with Crippen LogP contribution in [0.4, 0.5) is 9.52 Å². The van der Waals surface area contributed by atoms with Crippen molar-refractivity contribution in [1.29, 1.82) is 0 Å². The average Bonchev–Trinajstić information content (AvgIpc) is 3.12. The van der Waals surface area contributed by atoms with Crippen molar-refractivity contribution in [3.8, 4) is 11.3 Å². The van der Waals surface area contributed by atoms with Crippen molar-refractivity contribution in [2.24, 2.45) is 0 Å². The molecule has 1 atom stereocenters. The van der Waals surface area contributed by atoms with Gasteiger partial charge in [0.1, 0.15) is 5.82 Å². The lowest BCUT2D eigenvalue weighted by atomic mass is 10.2. The molecule has 3 aromatic rings. The normalized spacial score (nSPS) is 11.7. The van der Waals surface area contributed by atoms with Gasteiger partial charge in [0.15, 0.2) is 11.2 Å². The van der Waals surface area contributed by atoms with Crippen LogP contribution >= 0.6 is 22.9 Å². The average molecular weight is 405 g/mol. The van der Waals surface area contributed by atoms with Crippen molar-refractivity contribution >= 4 is 39.9 Å². The number of nitrogens with zero attached hydrogens (tertiary/aromatic N) is 1. The van der Waals surface area contributed by atoms with Crippen LogP contribution in [0.1, 0.15) is 17.3 Å². The van der Waals surface area contributed by atoms with E-state index < -0.39 is 23.8 Å². The summed E-state index contributed by atoms with van der Waals surface area (Å²) >= 11 is 7.01. The Labute approximate surface area is 163 Å². The predicted molar refractivity (Wildman–Crippen MR) is 102 cm³/mol. The Morgan fingerprint density at radius 1 is 1.22 bits per heavy atom. The molecule has 8 heteroatoms. The quantitative estimate of drug-likeness (QED) is 0.621. The highest BCUT2D eigenvalue weighted by Crippen LogP contribution is 2.25. The number of anilines is 1. The first-order valence-corrected chi connectivity index (χ1v) is 9.17. The highest BCUT2D eigenvalue weighted by Gasteiger charge is 2.22. The van der Waals surface area contributed by atoms with Crippen molar-refractivity contribution < 1.29 is 18.7 Å². The van der Waals surface area contributed by atoms with Crippen LogP contribution < -0.4 is 5.32 Å². The van der Waals surface area contributed by atoms with Crippen molar-refractivity contribution in [1.82, 2.24) is 4.98 Å². The molecule has 0 radical (unpaired) electrons. The maximum Gasteiger partial charge on any atom is 0.341 e. The van der Waals surface area contributed by atoms with Gasteiger partial charge in [0, 0.05) is 16.0 Å². The van der Waals surface area contributed by atoms with Crippen LogP contribution in [0.15, 0.2) is 53.9 Å². The number of ether oxygens (including phenoxy) is 1. The largest absolute Gasteiger partial charge is 0.449 e. The van der Waals surface area contributed by atoms with Crippen molar-refractivity contribution in [2.75, 3.05) is 5.32 Å². The number of aromatic nitrogens is 1. The van der Waals surface area contributed by atoms with Gasteiger partial charge in [-0.1, -0.05) is 41.9 Å². The second kappa shape index (κ2) is 8.28. The molecule has 1 N–H and O–H groups in total. The smallest absolute Gasteiger partial charge is 0.341 e. The Bertz CT molecular complexity index is 978. The Kier molecular flexibility index (Phi) is 5.83. The van der Waals surface area contributed by atoms with Crippen molar-refractivity contribution in [3.63, 3.8) is 0 Å². The summed E-state index contributed by atoms with van der Waals surface area (Å²) in [6.45, 7) is 1.39. The lowest BCUT2D eigenvalue weighted by Gasteiger charge is -2.12. The fourth-order valence-electron chi connectivity index (χ4n) is 2.21. The zero-order chi connectivity index (χ0) is 19.4. The molecule has 2 aromatic carbocycles. The third-order valence-electron chi connectivity index (χ3n) is 3.61. The first-order chi connectivity index (χ1) is 12.9. The molecule has 0 saturated carbocycles. The molecule has 5 nitrogen and oxygen atoms in total. The van der Waals surface area contributed by atoms with Gasteiger partial charge in [-0.3, -0.25) is 10.1 Å². The molecule has 0 aliphatic carbocycles. The number of thiazole rings is 1. The number of amides is 1. The summed E-state index contributed by atoms with van der Waals surface area (Å²) in [6, 6.07) is 13.0. The molecule has 0 bridgehead atoms. The predicted octanol–water partition coefficient (Wildman–Crippen LogP) is 4.79. The molecule has 0 aliphatic rings. The fraction of sp³-hybridized carbons (Fsp3) is 0.105. The lowest BCUT2D eigenvalue weighted by Crippen LogP contribution is -2.30. The molecule has 0 fully saturated rings. The minimum atomic E-state index is -1.14. The summed E-state index contributed by atoms with van der Waals surface area (Å²) in [4.78, 5) is 28.6. The summed E-state index contributed by atoms with van der Waals surface area (Å²) in [6.07, 6.45) is -1.14. The number of hydrogen-bond donors (Lipinski definition) is 1. The van der Waals surface area contributed by atoms with Crippen molar-refractivity contribution in [3.05, 3.63) is 70.3 Å². The van der Waals surface area contributed by atoms with Crippen molar-refractivity contribution in [2.45, 2.75) is 13.0 Å². The Morgan fingerprint density at radius 3 is 2.70 bits per heavy atom. The number of rotatable bonds is 5. The van der Waals surface area contributed by atoms with Crippen LogP contribution in [0, 0.1) is 5.82 Å². The van der Waals surface area contributed by atoms with E-state index in [4.69, 9.17) is 16.3 Å². The summed E-state index contributed by atoms with van der Waals surface area (Å²) in [7, 11) is 0. The van der Waals surface area contributed by atoms with E-state index in [9.17, 15) is 14.0 Å². The fourth-order valence-corrected chi connectivity index (χ4v) is 3.11. The van der Waals surface area contributed by atoms with Crippen LogP contribution in [0.5, 0.6) is 0 Å². The number of carbonyl (C=O) groups is 2. The van der Waals surface area contributed by atoms with E-state index in [1.54, 1.807) is 0 Å². The number of hydrogen-bond acceptors (Lipinski definition) is 5. The van der Waals surface area contributed by atoms with Gasteiger partial charge < -0.3 is 4.74 Å². The standard InChI is InChI=1S/C19H14ClFN2O3S/c1-11(26-18(25)14-9-13(20)7-8-15(14)21)17(24)23-19-22-16(10-27-19)12-5-3-2-4-6-12/h2-11H,1H3,(H,22,23,24)/t11-/m0/s1. The maximum absolute atomic E-state index is 13.7. The lowest BCUT2D eigenvalue weighted by molar-refractivity contribution is -0.123. The van der Waals surface area contributed by atoms with Crippen LogP contribution in [0.2, 0.25) is 5.02 Å². The molecule has 138 valence electrons. The van der Waals surface area contributed by atoms with Crippen LogP contribution in [0.3, 0.4) is 0 Å². The summed E-state index contributed by atoms with van der Waals surface area (Å²) in [5, 5.41) is 4.96. The molecule has 3 rings (SSSR count). The summed E-state index contributed by atoms with van der Waals surface area (Å²) in [5.41, 5.74) is 1.31. The monoisotopic (exact) mass is 404 g/mol. The molecule has 0 saturated heterocycles. The Hall–Kier alpha value is -2.77. The second-order valence-electron chi connectivity index (χ2n) is 5.56. The second-order valence-corrected chi connectivity index (χ2v) is 6.86. The number of nitrogens with one attached hydrogen (secondary N) is 1. The maximum atomic E-state index is 13.7. The molecule has 1 amide bonds. The van der Waals surface area contributed by atoms with E-state index in [1.807, 2.05) is 35.7 Å². The molecule has 1 aromatic heterocycles. The molecule has 0 aliphatic heterocycles. The minimum absolute atomic E-state index is 0.191. The number of esters is 1. The molecular weight excluding hydrogens is 391 g/mol. The zero-order valence-corrected chi connectivity index (χ0v) is 15.7. The molecule has 1 heterocycles. The van der Waals surface area contributed by atoms with Gasteiger partial charge in [0.2, 0.25) is 0 Å². The Balaban J connectivity index is 1.63. The van der Waals surface area contributed by atoms with E-state index in [1.165, 1.54) is 24.3 Å². The zero-order valence-electron chi connectivity index (χ0n) is 14.1. The highest BCUT2D eigenvalue weighted by atomic mass is 35.5. The van der Waals surface area contributed by atoms with E-state index in [0.29, 0.717) is 5.13 Å². The van der Waals surface area contributed by atoms with Gasteiger partial charge in [0.25, 0.3) is 5.91 Å². The number of halogens is 2. The number of carbonyl (C=O) groups excluding carboxylic acids is 2. The van der Waals surface area contributed by atoms with Gasteiger partial charge in [-0.25, -0.2) is 14.2 Å². The van der Waals surface area contributed by atoms with E-state index >= 15 is 0 Å². The third-order valence-corrected chi connectivity index (χ3v) is 4.60.